The molecule has 10 nitrogen and oxygen atoms in total. The highest BCUT2D eigenvalue weighted by Gasteiger charge is 2.25. The normalized spacial score (nSPS) is 15.5. The minimum absolute atomic E-state index is 0.0118. The predicted octanol–water partition coefficient (Wildman–Crippen LogP) is 4.31. The van der Waals surface area contributed by atoms with Gasteiger partial charge >= 0.3 is 13.5 Å². The van der Waals surface area contributed by atoms with Gasteiger partial charge in [0.2, 0.25) is 0 Å². The van der Waals surface area contributed by atoms with Crippen molar-refractivity contribution in [1.82, 2.24) is 14.5 Å². The third-order valence-corrected chi connectivity index (χ3v) is 9.53. The maximum Gasteiger partial charge on any atom is 0.472 e. The Kier molecular flexibility index (Phi) is 12.6. The zero-order valence-electron chi connectivity index (χ0n) is 22.2. The fourth-order valence-corrected chi connectivity index (χ4v) is 6.91. The molecule has 2 aromatic rings. The molecule has 0 bridgehead atoms. The molecule has 0 saturated carbocycles. The molecule has 0 aliphatic rings. The summed E-state index contributed by atoms with van der Waals surface area (Å²) in [7, 11) is 3.26. The molecule has 1 heterocycles. The van der Waals surface area contributed by atoms with Crippen molar-refractivity contribution < 1.29 is 23.2 Å². The minimum Gasteiger partial charge on any atom is -0.353 e. The Morgan fingerprint density at radius 1 is 1.19 bits per heavy atom. The van der Waals surface area contributed by atoms with Crippen LogP contribution in [-0.2, 0) is 24.8 Å². The molecule has 37 heavy (non-hydrogen) atoms. The quantitative estimate of drug-likeness (QED) is 0.221. The number of hydrogen-bond donors (Lipinski definition) is 2. The van der Waals surface area contributed by atoms with E-state index in [0.29, 0.717) is 12.8 Å². The predicted molar refractivity (Wildman–Crippen MR) is 149 cm³/mol. The van der Waals surface area contributed by atoms with E-state index < -0.39 is 31.4 Å². The van der Waals surface area contributed by atoms with Crippen LogP contribution < -0.4 is 11.2 Å². The van der Waals surface area contributed by atoms with Crippen molar-refractivity contribution in [3.8, 4) is 0 Å². The number of nitrogens with zero attached hydrogens (tertiary/aromatic N) is 2. The summed E-state index contributed by atoms with van der Waals surface area (Å²) < 4.78 is 29.9. The Balaban J connectivity index is 1.87. The van der Waals surface area contributed by atoms with Crippen LogP contribution in [0, 0.1) is 0 Å². The Labute approximate surface area is 226 Å². The molecule has 0 radical (unpaired) electrons. The third kappa shape index (κ3) is 11.5. The molecule has 0 aliphatic carbocycles. The van der Waals surface area contributed by atoms with E-state index in [9.17, 15) is 19.0 Å². The van der Waals surface area contributed by atoms with Gasteiger partial charge in [-0.3, -0.25) is 23.4 Å². The summed E-state index contributed by atoms with van der Waals surface area (Å²) in [6.45, 7) is 8.60. The first-order valence-electron chi connectivity index (χ1n) is 12.0. The third-order valence-electron chi connectivity index (χ3n) is 5.16. The van der Waals surface area contributed by atoms with Crippen LogP contribution >= 0.6 is 29.4 Å². The second-order valence-electron chi connectivity index (χ2n) is 9.40. The molecule has 0 aliphatic heterocycles. The molecular formula is C24H38N3O7PS2. The first kappa shape index (κ1) is 31.8. The highest BCUT2D eigenvalue weighted by molar-refractivity contribution is 8.77. The van der Waals surface area contributed by atoms with E-state index in [1.807, 2.05) is 31.2 Å². The number of H-pyrrole nitrogens is 1. The van der Waals surface area contributed by atoms with Crippen LogP contribution in [-0.4, -0.2) is 64.0 Å². The van der Waals surface area contributed by atoms with Gasteiger partial charge in [-0.1, -0.05) is 46.7 Å². The summed E-state index contributed by atoms with van der Waals surface area (Å²) in [5, 5.41) is 0. The number of aromatic nitrogens is 2. The first-order valence-corrected chi connectivity index (χ1v) is 15.6. The van der Waals surface area contributed by atoms with Crippen LogP contribution in [0.3, 0.4) is 0 Å². The van der Waals surface area contributed by atoms with Crippen LogP contribution in [0.25, 0.3) is 0 Å². The zero-order valence-corrected chi connectivity index (χ0v) is 24.7. The van der Waals surface area contributed by atoms with Gasteiger partial charge in [-0.2, -0.15) is 0 Å². The summed E-state index contributed by atoms with van der Waals surface area (Å²) in [5.41, 5.74) is -0.0871. The number of nitrogens with one attached hydrogen (secondary N) is 1. The van der Waals surface area contributed by atoms with Gasteiger partial charge < -0.3 is 14.5 Å². The number of benzene rings is 1. The number of phosphoric acid groups is 1. The van der Waals surface area contributed by atoms with Crippen molar-refractivity contribution in [3.05, 3.63) is 62.9 Å². The molecule has 3 atom stereocenters. The molecule has 1 aromatic heterocycles. The molecule has 1 aromatic carbocycles. The van der Waals surface area contributed by atoms with Crippen molar-refractivity contribution in [2.24, 2.45) is 0 Å². The second kappa shape index (κ2) is 14.7. The molecule has 0 spiro atoms. The van der Waals surface area contributed by atoms with E-state index >= 15 is 0 Å². The molecule has 0 saturated heterocycles. The van der Waals surface area contributed by atoms with Gasteiger partial charge in [-0.15, -0.1) is 0 Å². The molecule has 0 fully saturated rings. The van der Waals surface area contributed by atoms with Gasteiger partial charge in [0, 0.05) is 28.5 Å². The monoisotopic (exact) mass is 575 g/mol. The summed E-state index contributed by atoms with van der Waals surface area (Å²) in [5.74, 6) is 0. The lowest BCUT2D eigenvalue weighted by atomic mass is 10.2. The lowest BCUT2D eigenvalue weighted by Gasteiger charge is -2.27. The number of hydrogen-bond acceptors (Lipinski definition) is 9. The highest BCUT2D eigenvalue weighted by atomic mass is 33.1. The van der Waals surface area contributed by atoms with Crippen LogP contribution in [0.5, 0.6) is 0 Å². The van der Waals surface area contributed by atoms with Crippen LogP contribution in [0.15, 0.2) is 51.0 Å². The van der Waals surface area contributed by atoms with Gasteiger partial charge in [0.15, 0.2) is 0 Å². The summed E-state index contributed by atoms with van der Waals surface area (Å²) in [6.07, 6.45) is 0.960. The van der Waals surface area contributed by atoms with Gasteiger partial charge in [0.1, 0.15) is 6.23 Å². The van der Waals surface area contributed by atoms with Crippen molar-refractivity contribution in [2.75, 3.05) is 33.9 Å². The summed E-state index contributed by atoms with van der Waals surface area (Å²) in [4.78, 5) is 38.8. The topological polar surface area (TPSA) is 123 Å². The zero-order chi connectivity index (χ0) is 27.6. The van der Waals surface area contributed by atoms with Gasteiger partial charge in [-0.25, -0.2) is 9.36 Å². The Morgan fingerprint density at radius 2 is 1.89 bits per heavy atom. The molecule has 0 amide bonds. The number of phosphoric ester groups is 1. The number of aromatic amines is 1. The first-order chi connectivity index (χ1) is 17.3. The van der Waals surface area contributed by atoms with Gasteiger partial charge in [-0.05, 0) is 59.3 Å². The largest absolute Gasteiger partial charge is 0.472 e. The van der Waals surface area contributed by atoms with E-state index in [1.165, 1.54) is 16.8 Å². The van der Waals surface area contributed by atoms with Crippen molar-refractivity contribution in [2.45, 2.75) is 62.5 Å². The highest BCUT2D eigenvalue weighted by Crippen LogP contribution is 2.45. The van der Waals surface area contributed by atoms with Gasteiger partial charge in [0.05, 0.1) is 19.3 Å². The molecule has 13 heteroatoms. The molecular weight excluding hydrogens is 537 g/mol. The maximum atomic E-state index is 12.5. The smallest absolute Gasteiger partial charge is 0.353 e. The molecule has 2 N–H and O–H groups in total. The van der Waals surface area contributed by atoms with Crippen molar-refractivity contribution in [1.29, 1.82) is 0 Å². The Hall–Kier alpha value is -1.37. The van der Waals surface area contributed by atoms with Crippen LogP contribution in [0.1, 0.15) is 45.9 Å². The Morgan fingerprint density at radius 3 is 2.54 bits per heavy atom. The lowest BCUT2D eigenvalue weighted by molar-refractivity contribution is -0.0682. The average Bonchev–Trinajstić information content (AvgIpc) is 2.80. The standard InChI is InChI=1S/C24H38N3O7PS2/c1-7-20(34-18(2)27-14-12-22(28)25-23(27)29)16-33-35(30,31)32-15-13-19-10-8-9-11-21(19)36-37-24(3,4)17-26(5)6/h8-12,14,18,20H,7,13,15-17H2,1-6H3,(H,30,31)(H,25,28,29). The molecule has 208 valence electrons. The van der Waals surface area contributed by atoms with Gasteiger partial charge in [0.25, 0.3) is 5.56 Å². The fraction of sp³-hybridized carbons (Fsp3) is 0.583. The molecule has 3 unspecified atom stereocenters. The van der Waals surface area contributed by atoms with E-state index in [4.69, 9.17) is 13.8 Å². The number of ether oxygens (including phenoxy) is 1. The van der Waals surface area contributed by atoms with Crippen LogP contribution in [0.2, 0.25) is 0 Å². The summed E-state index contributed by atoms with van der Waals surface area (Å²) >= 11 is 0. The van der Waals surface area contributed by atoms with Crippen molar-refractivity contribution >= 4 is 29.4 Å². The Bertz CT molecular complexity index is 1160. The molecule has 2 rings (SSSR count). The van der Waals surface area contributed by atoms with E-state index in [2.05, 4.69) is 37.8 Å². The second-order valence-corrected chi connectivity index (χ2v) is 13.7. The fourth-order valence-electron chi connectivity index (χ4n) is 3.53. The average molecular weight is 576 g/mol. The van der Waals surface area contributed by atoms with E-state index in [0.717, 1.165) is 17.0 Å². The lowest BCUT2D eigenvalue weighted by Crippen LogP contribution is -2.33. The van der Waals surface area contributed by atoms with Crippen molar-refractivity contribution in [3.63, 3.8) is 0 Å². The van der Waals surface area contributed by atoms with E-state index in [1.54, 1.807) is 28.5 Å². The maximum absolute atomic E-state index is 12.5. The minimum atomic E-state index is -4.31. The SMILES string of the molecule is CCC(COP(=O)(O)OCCc1ccccc1SSC(C)(C)CN(C)C)OC(C)n1ccc(=O)[nH]c1=O. The summed E-state index contributed by atoms with van der Waals surface area (Å²) in [6, 6.07) is 9.14. The van der Waals surface area contributed by atoms with E-state index in [-0.39, 0.29) is 18.0 Å². The van der Waals surface area contributed by atoms with Crippen LogP contribution in [0.4, 0.5) is 0 Å². The number of rotatable bonds is 16.